The summed E-state index contributed by atoms with van der Waals surface area (Å²) in [4.78, 5) is 0. The maximum Gasteiger partial charge on any atom is 0.392 e. The van der Waals surface area contributed by atoms with Crippen LogP contribution in [-0.2, 0) is 0 Å². The van der Waals surface area contributed by atoms with Crippen LogP contribution in [0.25, 0.3) is 0 Å². The predicted octanol–water partition coefficient (Wildman–Crippen LogP) is 2.67. The van der Waals surface area contributed by atoms with E-state index in [0.29, 0.717) is 0 Å². The molecule has 1 nitrogen and oxygen atoms in total. The Labute approximate surface area is 81.8 Å². The Bertz CT molecular complexity index is 169. The molecule has 0 spiro atoms. The summed E-state index contributed by atoms with van der Waals surface area (Å²) in [6.07, 6.45) is -1.98. The molecule has 0 unspecified atom stereocenters. The van der Waals surface area contributed by atoms with Crippen molar-refractivity contribution in [2.24, 2.45) is 0 Å². The van der Waals surface area contributed by atoms with Crippen LogP contribution in [0.15, 0.2) is 11.6 Å². The number of halogens is 4. The number of hydrogen-bond acceptors (Lipinski definition) is 1. The van der Waals surface area contributed by atoms with E-state index in [1.54, 1.807) is 0 Å². The quantitative estimate of drug-likeness (QED) is 0.664. The lowest BCUT2D eigenvalue weighted by Gasteiger charge is -2.15. The van der Waals surface area contributed by atoms with Gasteiger partial charge >= 0.3 is 6.18 Å². The van der Waals surface area contributed by atoms with Crippen LogP contribution in [0.2, 0.25) is 0 Å². The molecule has 0 amide bonds. The van der Waals surface area contributed by atoms with Gasteiger partial charge < -0.3 is 5.32 Å². The molecule has 5 heteroatoms. The number of allylic oxidation sites excluding steroid dienone is 1. The fourth-order valence-electron chi connectivity index (χ4n) is 1.21. The van der Waals surface area contributed by atoms with Gasteiger partial charge in [-0.15, -0.1) is 12.4 Å². The first-order chi connectivity index (χ1) is 5.58. The van der Waals surface area contributed by atoms with Gasteiger partial charge in [-0.3, -0.25) is 0 Å². The number of alkyl halides is 3. The largest absolute Gasteiger partial charge is 0.392 e. The van der Waals surface area contributed by atoms with Crippen molar-refractivity contribution in [3.63, 3.8) is 0 Å². The third-order valence-corrected chi connectivity index (χ3v) is 1.87. The van der Waals surface area contributed by atoms with E-state index in [2.05, 4.69) is 5.32 Å². The second kappa shape index (κ2) is 5.50. The van der Waals surface area contributed by atoms with E-state index in [0.717, 1.165) is 31.5 Å². The van der Waals surface area contributed by atoms with Gasteiger partial charge in [0.2, 0.25) is 0 Å². The topological polar surface area (TPSA) is 12.0 Å². The number of rotatable bonds is 1. The number of nitrogens with one attached hydrogen (secondary N) is 1. The van der Waals surface area contributed by atoms with Gasteiger partial charge in [-0.05, 0) is 25.9 Å². The smallest absolute Gasteiger partial charge is 0.316 e. The third-order valence-electron chi connectivity index (χ3n) is 1.87. The van der Waals surface area contributed by atoms with Crippen LogP contribution >= 0.6 is 12.4 Å². The third kappa shape index (κ3) is 5.93. The lowest BCUT2D eigenvalue weighted by Crippen LogP contribution is -2.23. The molecule has 0 aromatic carbocycles. The Kier molecular flexibility index (Phi) is 5.40. The molecule has 1 rings (SSSR count). The first-order valence-corrected chi connectivity index (χ1v) is 4.03. The van der Waals surface area contributed by atoms with Crippen molar-refractivity contribution in [3.05, 3.63) is 11.6 Å². The minimum atomic E-state index is -4.04. The summed E-state index contributed by atoms with van der Waals surface area (Å²) in [7, 11) is 0. The number of piperidine rings is 1. The monoisotopic (exact) mass is 215 g/mol. The van der Waals surface area contributed by atoms with E-state index in [9.17, 15) is 13.2 Å². The highest BCUT2D eigenvalue weighted by Gasteiger charge is 2.25. The van der Waals surface area contributed by atoms with Gasteiger partial charge in [-0.2, -0.15) is 13.2 Å². The SMILES string of the molecule is Cl.FC(F)(F)CC=C1CCNCC1. The lowest BCUT2D eigenvalue weighted by molar-refractivity contribution is -0.125. The summed E-state index contributed by atoms with van der Waals surface area (Å²) in [6.45, 7) is 1.62. The fourth-order valence-corrected chi connectivity index (χ4v) is 1.21. The highest BCUT2D eigenvalue weighted by atomic mass is 35.5. The van der Waals surface area contributed by atoms with Gasteiger partial charge in [0, 0.05) is 0 Å². The molecule has 0 saturated carbocycles. The molecule has 1 N–H and O–H groups in total. The van der Waals surface area contributed by atoms with Gasteiger partial charge in [0.15, 0.2) is 0 Å². The van der Waals surface area contributed by atoms with Crippen molar-refractivity contribution >= 4 is 12.4 Å². The molecule has 78 valence electrons. The number of hydrogen-bond donors (Lipinski definition) is 1. The highest BCUT2D eigenvalue weighted by molar-refractivity contribution is 5.85. The molecular weight excluding hydrogens is 203 g/mol. The molecule has 1 saturated heterocycles. The minimum Gasteiger partial charge on any atom is -0.316 e. The van der Waals surface area contributed by atoms with Gasteiger partial charge in [0.25, 0.3) is 0 Å². The van der Waals surface area contributed by atoms with Crippen molar-refractivity contribution < 1.29 is 13.2 Å². The summed E-state index contributed by atoms with van der Waals surface area (Å²) in [6, 6.07) is 0. The molecule has 0 bridgehead atoms. The highest BCUT2D eigenvalue weighted by Crippen LogP contribution is 2.22. The zero-order valence-electron chi connectivity index (χ0n) is 7.16. The van der Waals surface area contributed by atoms with Gasteiger partial charge in [-0.25, -0.2) is 0 Å². The molecule has 0 aromatic rings. The summed E-state index contributed by atoms with van der Waals surface area (Å²) in [5.41, 5.74) is 0.936. The van der Waals surface area contributed by atoms with Crippen molar-refractivity contribution in [1.29, 1.82) is 0 Å². The van der Waals surface area contributed by atoms with Gasteiger partial charge in [0.05, 0.1) is 6.42 Å². The molecule has 0 aromatic heterocycles. The Balaban J connectivity index is 0.00000144. The zero-order valence-corrected chi connectivity index (χ0v) is 7.97. The van der Waals surface area contributed by atoms with E-state index in [-0.39, 0.29) is 12.4 Å². The average molecular weight is 216 g/mol. The second-order valence-electron chi connectivity index (χ2n) is 2.93. The zero-order chi connectivity index (χ0) is 9.03. The van der Waals surface area contributed by atoms with E-state index in [1.807, 2.05) is 0 Å². The fraction of sp³-hybridized carbons (Fsp3) is 0.750. The molecule has 0 aliphatic carbocycles. The molecule has 1 aliphatic rings. The minimum absolute atomic E-state index is 0. The first kappa shape index (κ1) is 12.8. The Morgan fingerprint density at radius 3 is 2.23 bits per heavy atom. The maximum atomic E-state index is 11.8. The van der Waals surface area contributed by atoms with Crippen LogP contribution in [0.1, 0.15) is 19.3 Å². The lowest BCUT2D eigenvalue weighted by atomic mass is 10.0. The summed E-state index contributed by atoms with van der Waals surface area (Å²) >= 11 is 0. The van der Waals surface area contributed by atoms with Crippen LogP contribution in [0, 0.1) is 0 Å². The standard InChI is InChI=1S/C8H12F3N.ClH/c9-8(10,11)4-1-7-2-5-12-6-3-7;/h1,12H,2-6H2;1H. The second-order valence-corrected chi connectivity index (χ2v) is 2.93. The summed E-state index contributed by atoms with van der Waals surface area (Å²) in [5, 5.41) is 3.09. The molecule has 13 heavy (non-hydrogen) atoms. The Morgan fingerprint density at radius 1 is 1.23 bits per heavy atom. The molecule has 1 heterocycles. The predicted molar refractivity (Wildman–Crippen MR) is 48.1 cm³/mol. The summed E-state index contributed by atoms with van der Waals surface area (Å²) in [5.74, 6) is 0. The Hall–Kier alpha value is -0.220. The summed E-state index contributed by atoms with van der Waals surface area (Å²) < 4.78 is 35.3. The maximum absolute atomic E-state index is 11.8. The van der Waals surface area contributed by atoms with Crippen LogP contribution in [0.3, 0.4) is 0 Å². The van der Waals surface area contributed by atoms with Crippen molar-refractivity contribution in [2.45, 2.75) is 25.4 Å². The molecule has 0 atom stereocenters. The van der Waals surface area contributed by atoms with E-state index >= 15 is 0 Å². The van der Waals surface area contributed by atoms with Crippen molar-refractivity contribution in [1.82, 2.24) is 5.32 Å². The average Bonchev–Trinajstić information content (AvgIpc) is 2.02. The molecule has 1 aliphatic heterocycles. The Morgan fingerprint density at radius 2 is 1.77 bits per heavy atom. The molecular formula is C8H13ClF3N. The van der Waals surface area contributed by atoms with Crippen molar-refractivity contribution in [3.8, 4) is 0 Å². The van der Waals surface area contributed by atoms with Crippen LogP contribution in [0.4, 0.5) is 13.2 Å². The molecule has 1 fully saturated rings. The normalized spacial score (nSPS) is 17.9. The van der Waals surface area contributed by atoms with Crippen LogP contribution in [-0.4, -0.2) is 19.3 Å². The molecule has 0 radical (unpaired) electrons. The van der Waals surface area contributed by atoms with Crippen LogP contribution in [0.5, 0.6) is 0 Å². The van der Waals surface area contributed by atoms with E-state index in [4.69, 9.17) is 0 Å². The first-order valence-electron chi connectivity index (χ1n) is 4.03. The van der Waals surface area contributed by atoms with Gasteiger partial charge in [0.1, 0.15) is 0 Å². The van der Waals surface area contributed by atoms with Crippen LogP contribution < -0.4 is 5.32 Å². The van der Waals surface area contributed by atoms with E-state index in [1.165, 1.54) is 6.08 Å². The van der Waals surface area contributed by atoms with E-state index < -0.39 is 12.6 Å². The van der Waals surface area contributed by atoms with Crippen molar-refractivity contribution in [2.75, 3.05) is 13.1 Å². The van der Waals surface area contributed by atoms with Gasteiger partial charge in [-0.1, -0.05) is 11.6 Å².